The van der Waals surface area contributed by atoms with Crippen LogP contribution in [0.4, 0.5) is 0 Å². The molecule has 5 heteroatoms. The predicted octanol–water partition coefficient (Wildman–Crippen LogP) is 16.3. The summed E-state index contributed by atoms with van der Waals surface area (Å²) in [6.45, 7) is 25.1. The third-order valence-electron chi connectivity index (χ3n) is 15.1. The maximum atomic E-state index is 12.7. The molecule has 8 aromatic rings. The first-order valence-electron chi connectivity index (χ1n) is 24.0. The average Bonchev–Trinajstić information content (AvgIpc) is 3.68. The molecular weight excluding hydrogens is 998 g/mol. The maximum Gasteiger partial charge on any atom is 0.148 e. The van der Waals surface area contributed by atoms with Crippen LogP contribution in [0, 0.1) is 6.07 Å². The number of rotatable bonds is 6. The fourth-order valence-corrected chi connectivity index (χ4v) is 10.7. The first-order chi connectivity index (χ1) is 31.2. The summed E-state index contributed by atoms with van der Waals surface area (Å²) < 4.78 is 2.38. The minimum Gasteiger partial charge on any atom is -0.507 e. The minimum atomic E-state index is -0.322. The molecule has 67 heavy (non-hydrogen) atoms. The molecule has 0 aliphatic heterocycles. The summed E-state index contributed by atoms with van der Waals surface area (Å²) in [6, 6.07) is 50.1. The zero-order valence-electron chi connectivity index (χ0n) is 41.1. The summed E-state index contributed by atoms with van der Waals surface area (Å²) in [5.74, 6) is 1.00. The second-order valence-corrected chi connectivity index (χ2v) is 23.0. The zero-order valence-corrected chi connectivity index (χ0v) is 43.4. The topological polar surface area (TPSA) is 50.9 Å². The smallest absolute Gasteiger partial charge is 0.148 e. The van der Waals surface area contributed by atoms with Crippen LogP contribution >= 0.6 is 0 Å². The van der Waals surface area contributed by atoms with Crippen molar-refractivity contribution >= 4 is 11.0 Å². The van der Waals surface area contributed by atoms with Gasteiger partial charge in [-0.15, -0.1) is 29.3 Å². The van der Waals surface area contributed by atoms with Gasteiger partial charge < -0.3 is 5.11 Å². The molecule has 0 saturated heterocycles. The Balaban J connectivity index is 0.00000562. The molecule has 0 radical (unpaired) electrons. The molecule has 4 nitrogen and oxygen atoms in total. The number of aromatic nitrogens is 3. The zero-order chi connectivity index (χ0) is 46.6. The Hall–Kier alpha value is -5.57. The van der Waals surface area contributed by atoms with Gasteiger partial charge in [0.25, 0.3) is 0 Å². The van der Waals surface area contributed by atoms with Crippen LogP contribution in [0.2, 0.25) is 0 Å². The van der Waals surface area contributed by atoms with Crippen LogP contribution in [0.1, 0.15) is 130 Å². The van der Waals surface area contributed by atoms with Crippen LogP contribution in [-0.4, -0.2) is 19.6 Å². The number of aromatic hydroxyl groups is 1. The number of benzene rings is 6. The second-order valence-electron chi connectivity index (χ2n) is 23.0. The van der Waals surface area contributed by atoms with Crippen molar-refractivity contribution in [1.82, 2.24) is 14.5 Å². The van der Waals surface area contributed by atoms with Crippen molar-refractivity contribution in [3.05, 3.63) is 167 Å². The van der Waals surface area contributed by atoms with Gasteiger partial charge in [-0.05, 0) is 116 Å². The van der Waals surface area contributed by atoms with E-state index >= 15 is 0 Å². The van der Waals surface area contributed by atoms with Crippen molar-refractivity contribution in [3.63, 3.8) is 0 Å². The Morgan fingerprint density at radius 1 is 0.552 bits per heavy atom. The van der Waals surface area contributed by atoms with E-state index in [2.05, 4.69) is 214 Å². The summed E-state index contributed by atoms with van der Waals surface area (Å²) in [6.07, 6.45) is 6.67. The van der Waals surface area contributed by atoms with E-state index in [4.69, 9.17) is 9.97 Å². The van der Waals surface area contributed by atoms with Gasteiger partial charge in [-0.1, -0.05) is 172 Å². The second kappa shape index (κ2) is 16.6. The Morgan fingerprint density at radius 3 is 1.75 bits per heavy atom. The van der Waals surface area contributed by atoms with Gasteiger partial charge in [0.15, 0.2) is 0 Å². The summed E-state index contributed by atoms with van der Waals surface area (Å²) in [5, 5.41) is 12.7. The molecule has 0 amide bonds. The molecule has 2 bridgehead atoms. The van der Waals surface area contributed by atoms with Gasteiger partial charge in [-0.25, -0.2) is 4.98 Å². The molecular formula is C62H64N3OPt-. The molecule has 3 aliphatic rings. The average molecular weight is 1060 g/mol. The SMILES string of the molecule is CC(C)(C)c1cc(-c2cc(-c3ccccc3)ccn2)[c-]c(-c2cccc3c2nc(-c2cc(C(C)(C)C)cc(C(C)(C)C)c2O)n3-c2cc3c(cc2-c2ccccc2)C2(C)CCC3(C)CC2)c1.[Pt]. The van der Waals surface area contributed by atoms with Crippen LogP contribution < -0.4 is 0 Å². The summed E-state index contributed by atoms with van der Waals surface area (Å²) >= 11 is 0. The van der Waals surface area contributed by atoms with E-state index in [1.807, 2.05) is 6.20 Å². The van der Waals surface area contributed by atoms with Crippen LogP contribution in [0.5, 0.6) is 5.75 Å². The minimum absolute atomic E-state index is 0. The van der Waals surface area contributed by atoms with Crippen molar-refractivity contribution in [2.45, 2.75) is 129 Å². The van der Waals surface area contributed by atoms with Crippen LogP contribution in [0.25, 0.3) is 72.7 Å². The van der Waals surface area contributed by atoms with Crippen LogP contribution in [0.3, 0.4) is 0 Å². The Kier molecular flexibility index (Phi) is 11.5. The largest absolute Gasteiger partial charge is 0.507 e. The summed E-state index contributed by atoms with van der Waals surface area (Å²) in [5.41, 5.74) is 17.8. The van der Waals surface area contributed by atoms with Gasteiger partial charge in [0, 0.05) is 44.1 Å². The van der Waals surface area contributed by atoms with Gasteiger partial charge in [0.2, 0.25) is 0 Å². The number of hydrogen-bond donors (Lipinski definition) is 1. The number of fused-ring (bicyclic) bond motifs is 3. The monoisotopic (exact) mass is 1060 g/mol. The first kappa shape index (κ1) is 46.5. The molecule has 1 fully saturated rings. The van der Waals surface area contributed by atoms with Crippen molar-refractivity contribution < 1.29 is 26.2 Å². The van der Waals surface area contributed by atoms with E-state index in [0.29, 0.717) is 0 Å². The molecule has 1 saturated carbocycles. The van der Waals surface area contributed by atoms with Crippen molar-refractivity contribution in [1.29, 1.82) is 0 Å². The fourth-order valence-electron chi connectivity index (χ4n) is 10.7. The van der Waals surface area contributed by atoms with Crippen LogP contribution in [-0.2, 0) is 48.1 Å². The Labute approximate surface area is 413 Å². The normalized spacial score (nSPS) is 18.2. The standard InChI is InChI=1S/C62H64N3O.Pt/c1-58(2,3)44-32-42(31-43(33-44)52-34-41(25-30-63-52)39-19-14-12-15-20-39)46-23-18-24-53-55(46)64-57(48-35-45(59(4,5)6)36-51(56(48)66)60(7,8)9)65(53)54-38-50-49(37-47(54)40-21-16-13-17-22-40)61(10)26-28-62(50,11)29-27-61;/h12-25,30,32-38,66H,26-29H2,1-11H3;/q-1;. The number of phenols is 1. The molecule has 344 valence electrons. The molecule has 3 aliphatic carbocycles. The first-order valence-corrected chi connectivity index (χ1v) is 24.0. The molecule has 1 N–H and O–H groups in total. The van der Waals surface area contributed by atoms with E-state index in [1.54, 1.807) is 0 Å². The van der Waals surface area contributed by atoms with E-state index in [-0.39, 0.29) is 53.9 Å². The van der Waals surface area contributed by atoms with Crippen LogP contribution in [0.15, 0.2) is 134 Å². The van der Waals surface area contributed by atoms with Gasteiger partial charge in [-0.3, -0.25) is 9.55 Å². The number of hydrogen-bond acceptors (Lipinski definition) is 3. The van der Waals surface area contributed by atoms with E-state index in [1.165, 1.54) is 53.5 Å². The van der Waals surface area contributed by atoms with E-state index in [0.717, 1.165) is 72.7 Å². The van der Waals surface area contributed by atoms with E-state index < -0.39 is 0 Å². The summed E-state index contributed by atoms with van der Waals surface area (Å²) in [7, 11) is 0. The number of imidazole rings is 1. The number of nitrogens with zero attached hydrogens (tertiary/aromatic N) is 3. The summed E-state index contributed by atoms with van der Waals surface area (Å²) in [4.78, 5) is 10.7. The number of para-hydroxylation sites is 1. The molecule has 11 rings (SSSR count). The fraction of sp³-hybridized carbons (Fsp3) is 0.323. The van der Waals surface area contributed by atoms with Gasteiger partial charge in [-0.2, -0.15) is 0 Å². The van der Waals surface area contributed by atoms with Crippen molar-refractivity contribution in [3.8, 4) is 67.5 Å². The Morgan fingerprint density at radius 2 is 1.13 bits per heavy atom. The van der Waals surface area contributed by atoms with Crippen molar-refractivity contribution in [2.75, 3.05) is 0 Å². The molecule has 6 aromatic carbocycles. The molecule has 0 spiro atoms. The van der Waals surface area contributed by atoms with Gasteiger partial charge in [0.1, 0.15) is 11.6 Å². The number of phenolic OH excluding ortho intramolecular Hbond substituents is 1. The molecule has 2 aromatic heterocycles. The quantitative estimate of drug-likeness (QED) is 0.169. The molecule has 0 atom stereocenters. The Bertz CT molecular complexity index is 3170. The van der Waals surface area contributed by atoms with Gasteiger partial charge in [0.05, 0.1) is 22.3 Å². The number of pyridine rings is 1. The van der Waals surface area contributed by atoms with Crippen molar-refractivity contribution in [2.24, 2.45) is 0 Å². The van der Waals surface area contributed by atoms with E-state index in [9.17, 15) is 5.11 Å². The third kappa shape index (κ3) is 8.22. The molecule has 2 heterocycles. The predicted molar refractivity (Wildman–Crippen MR) is 276 cm³/mol. The molecule has 0 unspecified atom stereocenters. The van der Waals surface area contributed by atoms with Gasteiger partial charge >= 0.3 is 0 Å². The maximum absolute atomic E-state index is 12.7. The third-order valence-corrected chi connectivity index (χ3v) is 15.1.